The first kappa shape index (κ1) is 17.5. The van der Waals surface area contributed by atoms with E-state index in [1.54, 1.807) is 18.4 Å². The van der Waals surface area contributed by atoms with Gasteiger partial charge in [0.2, 0.25) is 0 Å². The number of rotatable bonds is 5. The number of likely N-dealkylation sites (tertiary alicyclic amines) is 1. The molecule has 5 rings (SSSR count). The van der Waals surface area contributed by atoms with Crippen molar-refractivity contribution >= 4 is 17.2 Å². The summed E-state index contributed by atoms with van der Waals surface area (Å²) < 4.78 is 7.45. The number of benzene rings is 1. The van der Waals surface area contributed by atoms with Gasteiger partial charge in [-0.05, 0) is 41.3 Å². The summed E-state index contributed by atoms with van der Waals surface area (Å²) in [5.74, 6) is 0.962. The van der Waals surface area contributed by atoms with Crippen LogP contribution in [0, 0.1) is 0 Å². The molecule has 5 nitrogen and oxygen atoms in total. The number of nitrogens with zero attached hydrogens (tertiary/aromatic N) is 3. The summed E-state index contributed by atoms with van der Waals surface area (Å²) in [6.45, 7) is 3.45. The van der Waals surface area contributed by atoms with E-state index in [9.17, 15) is 4.79 Å². The molecular weight excluding hydrogens is 370 g/mol. The van der Waals surface area contributed by atoms with Gasteiger partial charge in [0.15, 0.2) is 0 Å². The van der Waals surface area contributed by atoms with Crippen LogP contribution < -0.4 is 4.74 Å². The van der Waals surface area contributed by atoms with E-state index >= 15 is 0 Å². The molecule has 144 valence electrons. The fourth-order valence-corrected chi connectivity index (χ4v) is 5.20. The molecule has 0 radical (unpaired) electrons. The van der Waals surface area contributed by atoms with Crippen LogP contribution in [0.3, 0.4) is 0 Å². The number of fused-ring (bicyclic) bond motifs is 3. The van der Waals surface area contributed by atoms with Crippen LogP contribution in [-0.4, -0.2) is 46.5 Å². The number of carbonyl (C=O) groups is 1. The molecule has 0 spiro atoms. The summed E-state index contributed by atoms with van der Waals surface area (Å²) in [6, 6.07) is 16.7. The van der Waals surface area contributed by atoms with Gasteiger partial charge in [0, 0.05) is 37.3 Å². The van der Waals surface area contributed by atoms with Crippen LogP contribution in [0.25, 0.3) is 0 Å². The Morgan fingerprint density at radius 2 is 1.86 bits per heavy atom. The standard InChI is InChI=1S/C22H23N3O2S/c1-27-17-8-6-16(7-9-17)12-25-21-15-23(13-18-4-3-11-28-18)14-20(21)24-10-2-5-19(24)22(25)26/h2-11,20-21H,12-15H2,1H3. The van der Waals surface area contributed by atoms with Crippen molar-refractivity contribution < 1.29 is 9.53 Å². The van der Waals surface area contributed by atoms with Gasteiger partial charge in [0.1, 0.15) is 11.4 Å². The van der Waals surface area contributed by atoms with E-state index in [1.165, 1.54) is 4.88 Å². The Kier molecular flexibility index (Phi) is 4.45. The highest BCUT2D eigenvalue weighted by atomic mass is 32.1. The van der Waals surface area contributed by atoms with E-state index in [0.717, 1.165) is 36.6 Å². The van der Waals surface area contributed by atoms with Crippen molar-refractivity contribution in [3.63, 3.8) is 0 Å². The van der Waals surface area contributed by atoms with Crippen molar-refractivity contribution in [1.29, 1.82) is 0 Å². The molecule has 6 heteroatoms. The molecule has 1 fully saturated rings. The average Bonchev–Trinajstić information content (AvgIpc) is 3.46. The lowest BCUT2D eigenvalue weighted by Crippen LogP contribution is -2.49. The predicted molar refractivity (Wildman–Crippen MR) is 110 cm³/mol. The van der Waals surface area contributed by atoms with E-state index in [0.29, 0.717) is 12.6 Å². The lowest BCUT2D eigenvalue weighted by atomic mass is 10.0. The van der Waals surface area contributed by atoms with Gasteiger partial charge in [-0.3, -0.25) is 9.69 Å². The summed E-state index contributed by atoms with van der Waals surface area (Å²) in [5.41, 5.74) is 1.93. The zero-order chi connectivity index (χ0) is 19.1. The smallest absolute Gasteiger partial charge is 0.271 e. The third-order valence-corrected chi connectivity index (χ3v) is 6.68. The lowest BCUT2D eigenvalue weighted by Gasteiger charge is -2.38. The summed E-state index contributed by atoms with van der Waals surface area (Å²) in [5, 5.41) is 2.13. The van der Waals surface area contributed by atoms with Gasteiger partial charge >= 0.3 is 0 Å². The number of aromatic nitrogens is 1. The number of amides is 1. The number of thiophene rings is 1. The van der Waals surface area contributed by atoms with Gasteiger partial charge in [-0.15, -0.1) is 11.3 Å². The Labute approximate surface area is 168 Å². The van der Waals surface area contributed by atoms with Crippen LogP contribution >= 0.6 is 11.3 Å². The molecule has 2 atom stereocenters. The molecule has 0 saturated carbocycles. The van der Waals surface area contributed by atoms with Gasteiger partial charge in [-0.1, -0.05) is 18.2 Å². The van der Waals surface area contributed by atoms with Crippen LogP contribution in [0.1, 0.15) is 27.0 Å². The maximum Gasteiger partial charge on any atom is 0.271 e. The minimum absolute atomic E-state index is 0.125. The Bertz CT molecular complexity index is 964. The molecule has 28 heavy (non-hydrogen) atoms. The number of hydrogen-bond acceptors (Lipinski definition) is 4. The van der Waals surface area contributed by atoms with Gasteiger partial charge < -0.3 is 14.2 Å². The zero-order valence-corrected chi connectivity index (χ0v) is 16.6. The molecule has 4 heterocycles. The predicted octanol–water partition coefficient (Wildman–Crippen LogP) is 3.64. The SMILES string of the molecule is COc1ccc(CN2C(=O)c3cccn3C3CN(Cc4cccs4)CC32)cc1. The molecule has 2 unspecified atom stereocenters. The molecule has 2 aliphatic heterocycles. The molecule has 2 aromatic heterocycles. The fraction of sp³-hybridized carbons (Fsp3) is 0.318. The Balaban J connectivity index is 1.42. The van der Waals surface area contributed by atoms with Crippen LogP contribution in [0.4, 0.5) is 0 Å². The van der Waals surface area contributed by atoms with E-state index in [2.05, 4.69) is 38.1 Å². The lowest BCUT2D eigenvalue weighted by molar-refractivity contribution is 0.0556. The summed E-state index contributed by atoms with van der Waals surface area (Å²) in [7, 11) is 1.67. The van der Waals surface area contributed by atoms with E-state index in [4.69, 9.17) is 4.74 Å². The number of methoxy groups -OCH3 is 1. The number of ether oxygens (including phenoxy) is 1. The van der Waals surface area contributed by atoms with Gasteiger partial charge in [-0.25, -0.2) is 0 Å². The first-order valence-electron chi connectivity index (χ1n) is 9.58. The highest BCUT2D eigenvalue weighted by Crippen LogP contribution is 2.35. The largest absolute Gasteiger partial charge is 0.497 e. The fourth-order valence-electron chi connectivity index (χ4n) is 4.46. The van der Waals surface area contributed by atoms with E-state index < -0.39 is 0 Å². The third-order valence-electron chi connectivity index (χ3n) is 5.82. The molecule has 1 amide bonds. The second kappa shape index (κ2) is 7.11. The normalized spacial score (nSPS) is 21.6. The molecule has 1 aromatic carbocycles. The van der Waals surface area contributed by atoms with Gasteiger partial charge in [0.25, 0.3) is 5.91 Å². The highest BCUT2D eigenvalue weighted by Gasteiger charge is 2.44. The topological polar surface area (TPSA) is 37.7 Å². The van der Waals surface area contributed by atoms with Gasteiger partial charge in [-0.2, -0.15) is 0 Å². The second-order valence-electron chi connectivity index (χ2n) is 7.49. The van der Waals surface area contributed by atoms with E-state index in [1.807, 2.05) is 36.4 Å². The quantitative estimate of drug-likeness (QED) is 0.664. The summed E-state index contributed by atoms with van der Waals surface area (Å²) in [6.07, 6.45) is 2.06. The number of carbonyl (C=O) groups excluding carboxylic acids is 1. The maximum absolute atomic E-state index is 13.2. The molecule has 0 aliphatic carbocycles. The molecule has 0 bridgehead atoms. The van der Waals surface area contributed by atoms with Crippen LogP contribution in [0.15, 0.2) is 60.1 Å². The summed E-state index contributed by atoms with van der Waals surface area (Å²) >= 11 is 1.80. The Hall–Kier alpha value is -2.57. The van der Waals surface area contributed by atoms with Crippen LogP contribution in [-0.2, 0) is 13.1 Å². The van der Waals surface area contributed by atoms with Crippen molar-refractivity contribution in [3.8, 4) is 5.75 Å². The molecule has 2 aliphatic rings. The minimum Gasteiger partial charge on any atom is -0.497 e. The van der Waals surface area contributed by atoms with Crippen molar-refractivity contribution in [2.75, 3.05) is 20.2 Å². The first-order chi connectivity index (χ1) is 13.7. The minimum atomic E-state index is 0.125. The molecule has 3 aromatic rings. The molecule has 1 saturated heterocycles. The number of hydrogen-bond donors (Lipinski definition) is 0. The van der Waals surface area contributed by atoms with Gasteiger partial charge in [0.05, 0.1) is 19.2 Å². The van der Waals surface area contributed by atoms with E-state index in [-0.39, 0.29) is 11.9 Å². The zero-order valence-electron chi connectivity index (χ0n) is 15.8. The third kappa shape index (κ3) is 3.02. The Morgan fingerprint density at radius 3 is 2.61 bits per heavy atom. The average molecular weight is 394 g/mol. The first-order valence-corrected chi connectivity index (χ1v) is 10.5. The Morgan fingerprint density at radius 1 is 1.04 bits per heavy atom. The molecule has 0 N–H and O–H groups in total. The van der Waals surface area contributed by atoms with Crippen molar-refractivity contribution in [1.82, 2.24) is 14.4 Å². The molecular formula is C22H23N3O2S. The van der Waals surface area contributed by atoms with Crippen LogP contribution in [0.2, 0.25) is 0 Å². The monoisotopic (exact) mass is 393 g/mol. The van der Waals surface area contributed by atoms with Crippen molar-refractivity contribution in [3.05, 3.63) is 76.2 Å². The summed E-state index contributed by atoms with van der Waals surface area (Å²) in [4.78, 5) is 19.2. The van der Waals surface area contributed by atoms with Crippen molar-refractivity contribution in [2.45, 2.75) is 25.2 Å². The van der Waals surface area contributed by atoms with Crippen molar-refractivity contribution in [2.24, 2.45) is 0 Å². The highest BCUT2D eigenvalue weighted by molar-refractivity contribution is 7.09. The maximum atomic E-state index is 13.2. The second-order valence-corrected chi connectivity index (χ2v) is 8.52. The van der Waals surface area contributed by atoms with Crippen LogP contribution in [0.5, 0.6) is 5.75 Å².